The van der Waals surface area contributed by atoms with Crippen LogP contribution < -0.4 is 10.6 Å². The zero-order chi connectivity index (χ0) is 27.6. The normalized spacial score (nSPS) is 18.8. The van der Waals surface area contributed by atoms with Crippen molar-refractivity contribution in [1.29, 1.82) is 0 Å². The second-order valence-electron chi connectivity index (χ2n) is 9.30. The van der Waals surface area contributed by atoms with Crippen LogP contribution in [0.1, 0.15) is 27.5 Å². The second-order valence-corrected chi connectivity index (χ2v) is 9.30. The van der Waals surface area contributed by atoms with Gasteiger partial charge in [0.1, 0.15) is 0 Å². The van der Waals surface area contributed by atoms with Gasteiger partial charge in [-0.25, -0.2) is 4.79 Å². The molecule has 3 heterocycles. The number of alkyl halides is 3. The van der Waals surface area contributed by atoms with E-state index in [-0.39, 0.29) is 17.7 Å². The van der Waals surface area contributed by atoms with Crippen LogP contribution in [0.2, 0.25) is 0 Å². The van der Waals surface area contributed by atoms with E-state index in [1.165, 1.54) is 23.2 Å². The molecule has 2 N–H and O–H groups in total. The van der Waals surface area contributed by atoms with E-state index >= 15 is 0 Å². The molecule has 0 bridgehead atoms. The predicted octanol–water partition coefficient (Wildman–Crippen LogP) is 4.35. The van der Waals surface area contributed by atoms with E-state index in [1.807, 2.05) is 4.90 Å². The van der Waals surface area contributed by atoms with Crippen LogP contribution >= 0.6 is 0 Å². The molecule has 1 unspecified atom stereocenters. The molecule has 39 heavy (non-hydrogen) atoms. The number of anilines is 1. The highest BCUT2D eigenvalue weighted by molar-refractivity contribution is 6.10. The fourth-order valence-corrected chi connectivity index (χ4v) is 4.99. The number of carbonyl (C=O) groups excluding carboxylic acids is 2. The number of rotatable bonds is 5. The second kappa shape index (κ2) is 11.0. The van der Waals surface area contributed by atoms with Crippen LogP contribution in [-0.4, -0.2) is 73.9 Å². The maximum atomic E-state index is 14.5. The molecule has 2 amide bonds. The third-order valence-electron chi connectivity index (χ3n) is 6.94. The van der Waals surface area contributed by atoms with Crippen molar-refractivity contribution in [2.75, 3.05) is 51.0 Å². The van der Waals surface area contributed by atoms with E-state index in [2.05, 4.69) is 4.98 Å². The average molecular weight is 541 g/mol. The molecule has 2 aromatic carbocycles. The number of allylic oxidation sites excluding steroid dienone is 2. The van der Waals surface area contributed by atoms with Gasteiger partial charge in [-0.3, -0.25) is 9.78 Å². The average Bonchev–Trinajstić information content (AvgIpc) is 2.95. The highest BCUT2D eigenvalue weighted by Gasteiger charge is 2.38. The van der Waals surface area contributed by atoms with Crippen molar-refractivity contribution in [3.63, 3.8) is 0 Å². The summed E-state index contributed by atoms with van der Waals surface area (Å²) in [5.74, 6) is -0.804. The lowest BCUT2D eigenvalue weighted by Gasteiger charge is -2.34. The Hall–Kier alpha value is -3.96. The van der Waals surface area contributed by atoms with Crippen molar-refractivity contribution >= 4 is 34.0 Å². The first-order valence-electron chi connectivity index (χ1n) is 12.5. The lowest BCUT2D eigenvalue weighted by Crippen LogP contribution is -2.46. The van der Waals surface area contributed by atoms with Gasteiger partial charge in [0.2, 0.25) is 0 Å². The third kappa shape index (κ3) is 5.59. The van der Waals surface area contributed by atoms with Crippen molar-refractivity contribution < 1.29 is 32.2 Å². The molecule has 0 radical (unpaired) electrons. The van der Waals surface area contributed by atoms with Crippen molar-refractivity contribution in [2.24, 2.45) is 5.73 Å². The Morgan fingerprint density at radius 1 is 0.974 bits per heavy atom. The molecule has 5 rings (SSSR count). The number of benzene rings is 2. The monoisotopic (exact) mass is 540 g/mol. The topological polar surface area (TPSA) is 98.0 Å². The van der Waals surface area contributed by atoms with Crippen molar-refractivity contribution in [2.45, 2.75) is 12.2 Å². The number of hydrogen-bond donors (Lipinski definition) is 1. The summed E-state index contributed by atoms with van der Waals surface area (Å²) < 4.78 is 54.4. The van der Waals surface area contributed by atoms with Crippen LogP contribution in [0, 0.1) is 0 Å². The van der Waals surface area contributed by atoms with Gasteiger partial charge in [-0.2, -0.15) is 13.2 Å². The SMILES string of the molecule is NC(=O)N1CCOCC1c1ccc(C(=O)C=C(c2cnc3ccccc3c2N2CCOCC2)C(F)(F)F)cc1. The number of ketones is 1. The van der Waals surface area contributed by atoms with Crippen LogP contribution in [-0.2, 0) is 9.47 Å². The molecular formula is C28H27F3N4O4. The standard InChI is InChI=1S/C28H27F3N4O4/c29-28(30,31)22(21-16-33-23-4-2-1-3-20(23)26(21)34-9-12-38-13-10-34)15-25(36)19-7-5-18(6-8-19)24-17-39-14-11-35(24)27(32)37/h1-8,15-16,24H,9-14,17H2,(H2,32,37). The maximum absolute atomic E-state index is 14.5. The first-order chi connectivity index (χ1) is 18.7. The quantitative estimate of drug-likeness (QED) is 0.382. The number of nitrogens with two attached hydrogens (primary N) is 1. The smallest absolute Gasteiger partial charge is 0.378 e. The number of primary amides is 1. The van der Waals surface area contributed by atoms with E-state index in [9.17, 15) is 22.8 Å². The molecule has 11 heteroatoms. The van der Waals surface area contributed by atoms with Crippen LogP contribution in [0.15, 0.2) is 60.8 Å². The minimum atomic E-state index is -4.82. The number of halogens is 3. The Morgan fingerprint density at radius 2 is 1.67 bits per heavy atom. The Labute approximate surface area is 222 Å². The number of morpholine rings is 2. The summed E-state index contributed by atoms with van der Waals surface area (Å²) in [6.45, 7) is 2.50. The molecule has 8 nitrogen and oxygen atoms in total. The van der Waals surface area contributed by atoms with Crippen LogP contribution in [0.25, 0.3) is 16.5 Å². The summed E-state index contributed by atoms with van der Waals surface area (Å²) >= 11 is 0. The molecule has 1 aromatic heterocycles. The molecule has 204 valence electrons. The van der Waals surface area contributed by atoms with Crippen molar-refractivity contribution in [3.05, 3.63) is 77.5 Å². The number of para-hydroxylation sites is 1. The van der Waals surface area contributed by atoms with Gasteiger partial charge < -0.3 is 25.0 Å². The van der Waals surface area contributed by atoms with Gasteiger partial charge in [-0.05, 0) is 17.7 Å². The first-order valence-corrected chi connectivity index (χ1v) is 12.5. The molecule has 0 saturated carbocycles. The predicted molar refractivity (Wildman–Crippen MR) is 139 cm³/mol. The largest absolute Gasteiger partial charge is 0.417 e. The zero-order valence-electron chi connectivity index (χ0n) is 21.0. The summed E-state index contributed by atoms with van der Waals surface area (Å²) in [7, 11) is 0. The number of urea groups is 1. The van der Waals surface area contributed by atoms with Gasteiger partial charge in [0.15, 0.2) is 5.78 Å². The summed E-state index contributed by atoms with van der Waals surface area (Å²) in [6, 6.07) is 12.0. The summed E-state index contributed by atoms with van der Waals surface area (Å²) in [4.78, 5) is 32.5. The van der Waals surface area contributed by atoms with Crippen molar-refractivity contribution in [1.82, 2.24) is 9.88 Å². The number of carbonyl (C=O) groups is 2. The number of hydrogen-bond acceptors (Lipinski definition) is 6. The highest BCUT2D eigenvalue weighted by atomic mass is 19.4. The summed E-state index contributed by atoms with van der Waals surface area (Å²) in [5, 5.41) is 0.567. The third-order valence-corrected chi connectivity index (χ3v) is 6.94. The van der Waals surface area contributed by atoms with Gasteiger partial charge in [0.25, 0.3) is 0 Å². The number of amides is 2. The molecule has 2 aliphatic heterocycles. The van der Waals surface area contributed by atoms with E-state index in [0.29, 0.717) is 67.7 Å². The van der Waals surface area contributed by atoms with Gasteiger partial charge in [0.05, 0.1) is 49.2 Å². The van der Waals surface area contributed by atoms with Gasteiger partial charge >= 0.3 is 12.2 Å². The fraction of sp³-hybridized carbons (Fsp3) is 0.321. The Bertz CT molecular complexity index is 1400. The lowest BCUT2D eigenvalue weighted by molar-refractivity contribution is -0.0689. The highest BCUT2D eigenvalue weighted by Crippen LogP contribution is 2.41. The van der Waals surface area contributed by atoms with Gasteiger partial charge in [0, 0.05) is 42.3 Å². The van der Waals surface area contributed by atoms with E-state index in [1.54, 1.807) is 36.4 Å². The van der Waals surface area contributed by atoms with Gasteiger partial charge in [-0.1, -0.05) is 42.5 Å². The minimum absolute atomic E-state index is 0.0736. The molecular weight excluding hydrogens is 513 g/mol. The Kier molecular flexibility index (Phi) is 7.53. The lowest BCUT2D eigenvalue weighted by atomic mass is 9.97. The van der Waals surface area contributed by atoms with E-state index < -0.39 is 29.6 Å². The number of fused-ring (bicyclic) bond motifs is 1. The molecule has 2 saturated heterocycles. The fourth-order valence-electron chi connectivity index (χ4n) is 4.99. The molecule has 2 fully saturated rings. The molecule has 3 aromatic rings. The van der Waals surface area contributed by atoms with Crippen LogP contribution in [0.5, 0.6) is 0 Å². The van der Waals surface area contributed by atoms with Crippen LogP contribution in [0.3, 0.4) is 0 Å². The van der Waals surface area contributed by atoms with Crippen molar-refractivity contribution in [3.8, 4) is 0 Å². The molecule has 0 aliphatic carbocycles. The summed E-state index contributed by atoms with van der Waals surface area (Å²) in [5.41, 5.74) is 5.91. The van der Waals surface area contributed by atoms with Gasteiger partial charge in [-0.15, -0.1) is 0 Å². The van der Waals surface area contributed by atoms with E-state index in [0.717, 1.165) is 0 Å². The number of ether oxygens (including phenoxy) is 2. The molecule has 2 aliphatic rings. The summed E-state index contributed by atoms with van der Waals surface area (Å²) in [6.07, 6.45) is -3.00. The minimum Gasteiger partial charge on any atom is -0.378 e. The maximum Gasteiger partial charge on any atom is 0.417 e. The Morgan fingerprint density at radius 3 is 2.36 bits per heavy atom. The molecule has 0 spiro atoms. The number of aromatic nitrogens is 1. The first kappa shape index (κ1) is 26.6. The number of pyridine rings is 1. The zero-order valence-corrected chi connectivity index (χ0v) is 21.0. The van der Waals surface area contributed by atoms with E-state index in [4.69, 9.17) is 15.2 Å². The van der Waals surface area contributed by atoms with Crippen LogP contribution in [0.4, 0.5) is 23.7 Å². The number of nitrogens with zero attached hydrogens (tertiary/aromatic N) is 3. The molecule has 1 atom stereocenters. The Balaban J connectivity index is 1.53.